The highest BCUT2D eigenvalue weighted by Gasteiger charge is 2.23. The van der Waals surface area contributed by atoms with Crippen molar-refractivity contribution < 1.29 is 9.47 Å². The van der Waals surface area contributed by atoms with E-state index in [0.29, 0.717) is 11.8 Å². The molecule has 0 radical (unpaired) electrons. The predicted molar refractivity (Wildman–Crippen MR) is 91.8 cm³/mol. The predicted octanol–water partition coefficient (Wildman–Crippen LogP) is 3.48. The fourth-order valence-electron chi connectivity index (χ4n) is 3.50. The fraction of sp³-hybridized carbons (Fsp3) is 0.500. The molecule has 1 saturated carbocycles. The van der Waals surface area contributed by atoms with Crippen molar-refractivity contribution in [1.82, 2.24) is 19.4 Å². The summed E-state index contributed by atoms with van der Waals surface area (Å²) in [5, 5.41) is 0. The SMILES string of the molecule is CCc1nc(C)c2c(OC3CCCC3)nc3ccc(OC)nc3n12. The summed E-state index contributed by atoms with van der Waals surface area (Å²) in [6.07, 6.45) is 5.72. The van der Waals surface area contributed by atoms with E-state index in [-0.39, 0.29) is 6.10 Å². The highest BCUT2D eigenvalue weighted by atomic mass is 16.5. The number of nitrogens with zero attached hydrogens (tertiary/aromatic N) is 4. The van der Waals surface area contributed by atoms with Gasteiger partial charge in [0.05, 0.1) is 12.8 Å². The second-order valence-corrected chi connectivity index (χ2v) is 6.29. The second-order valence-electron chi connectivity index (χ2n) is 6.29. The van der Waals surface area contributed by atoms with Gasteiger partial charge in [0.25, 0.3) is 0 Å². The minimum Gasteiger partial charge on any atom is -0.481 e. The standard InChI is InChI=1S/C18H22N4O2/c1-4-14-19-11(2)16-18(24-12-7-5-6-8-12)20-13-9-10-15(23-3)21-17(13)22(14)16/h9-10,12H,4-8H2,1-3H3. The van der Waals surface area contributed by atoms with Gasteiger partial charge in [-0.05, 0) is 38.7 Å². The molecule has 0 spiro atoms. The van der Waals surface area contributed by atoms with Crippen LogP contribution in [-0.4, -0.2) is 32.6 Å². The smallest absolute Gasteiger partial charge is 0.241 e. The largest absolute Gasteiger partial charge is 0.481 e. The molecule has 0 bridgehead atoms. The zero-order chi connectivity index (χ0) is 16.7. The summed E-state index contributed by atoms with van der Waals surface area (Å²) in [7, 11) is 1.62. The maximum Gasteiger partial charge on any atom is 0.241 e. The van der Waals surface area contributed by atoms with E-state index in [1.165, 1.54) is 12.8 Å². The van der Waals surface area contributed by atoms with E-state index in [4.69, 9.17) is 19.4 Å². The fourth-order valence-corrected chi connectivity index (χ4v) is 3.50. The van der Waals surface area contributed by atoms with E-state index in [1.807, 2.05) is 19.1 Å². The summed E-state index contributed by atoms with van der Waals surface area (Å²) < 4.78 is 13.6. The van der Waals surface area contributed by atoms with Gasteiger partial charge in [-0.1, -0.05) is 6.92 Å². The Hall–Kier alpha value is -2.37. The molecule has 0 aliphatic heterocycles. The third-order valence-corrected chi connectivity index (χ3v) is 4.69. The molecule has 6 nitrogen and oxygen atoms in total. The number of pyridine rings is 1. The van der Waals surface area contributed by atoms with E-state index >= 15 is 0 Å². The summed E-state index contributed by atoms with van der Waals surface area (Å²) in [6, 6.07) is 3.76. The molecule has 3 aromatic rings. The molecule has 0 atom stereocenters. The monoisotopic (exact) mass is 326 g/mol. The van der Waals surface area contributed by atoms with Gasteiger partial charge in [-0.25, -0.2) is 9.97 Å². The summed E-state index contributed by atoms with van der Waals surface area (Å²) in [5.41, 5.74) is 3.41. The van der Waals surface area contributed by atoms with Crippen LogP contribution in [0.3, 0.4) is 0 Å². The average molecular weight is 326 g/mol. The van der Waals surface area contributed by atoms with E-state index in [0.717, 1.165) is 47.5 Å². The summed E-state index contributed by atoms with van der Waals surface area (Å²) in [4.78, 5) is 14.1. The molecule has 0 saturated heterocycles. The third-order valence-electron chi connectivity index (χ3n) is 4.69. The normalized spacial score (nSPS) is 15.5. The molecule has 24 heavy (non-hydrogen) atoms. The molecule has 0 aromatic carbocycles. The Morgan fingerprint density at radius 1 is 1.17 bits per heavy atom. The van der Waals surface area contributed by atoms with Crippen LogP contribution >= 0.6 is 0 Å². The lowest BCUT2D eigenvalue weighted by molar-refractivity contribution is 0.204. The van der Waals surface area contributed by atoms with E-state index in [1.54, 1.807) is 7.11 Å². The lowest BCUT2D eigenvalue weighted by Crippen LogP contribution is -2.13. The van der Waals surface area contributed by atoms with Crippen LogP contribution in [0.25, 0.3) is 16.7 Å². The number of methoxy groups -OCH3 is 1. The average Bonchev–Trinajstić information content (AvgIpc) is 3.22. The number of aryl methyl sites for hydroxylation is 2. The second kappa shape index (κ2) is 5.92. The molecule has 1 aliphatic carbocycles. The first-order valence-corrected chi connectivity index (χ1v) is 8.60. The Bertz CT molecular complexity index is 897. The van der Waals surface area contributed by atoms with Crippen LogP contribution in [-0.2, 0) is 6.42 Å². The van der Waals surface area contributed by atoms with Gasteiger partial charge in [-0.2, -0.15) is 4.98 Å². The maximum atomic E-state index is 6.26. The zero-order valence-corrected chi connectivity index (χ0v) is 14.4. The molecule has 126 valence electrons. The Labute approximate surface area is 140 Å². The Morgan fingerprint density at radius 3 is 2.67 bits per heavy atom. The number of fused-ring (bicyclic) bond motifs is 3. The number of imidazole rings is 1. The van der Waals surface area contributed by atoms with Crippen LogP contribution in [0.15, 0.2) is 12.1 Å². The van der Waals surface area contributed by atoms with Crippen molar-refractivity contribution in [2.75, 3.05) is 7.11 Å². The van der Waals surface area contributed by atoms with Gasteiger partial charge in [0, 0.05) is 12.5 Å². The molecule has 0 unspecified atom stereocenters. The quantitative estimate of drug-likeness (QED) is 0.734. The lowest BCUT2D eigenvalue weighted by Gasteiger charge is -2.15. The first-order chi connectivity index (χ1) is 11.7. The molecular weight excluding hydrogens is 304 g/mol. The van der Waals surface area contributed by atoms with E-state index in [9.17, 15) is 0 Å². The Morgan fingerprint density at radius 2 is 1.96 bits per heavy atom. The first-order valence-electron chi connectivity index (χ1n) is 8.60. The minimum atomic E-state index is 0.254. The Balaban J connectivity index is 1.98. The maximum absolute atomic E-state index is 6.26. The van der Waals surface area contributed by atoms with Gasteiger partial charge < -0.3 is 9.47 Å². The minimum absolute atomic E-state index is 0.254. The number of hydrogen-bond donors (Lipinski definition) is 0. The summed E-state index contributed by atoms with van der Waals surface area (Å²) in [6.45, 7) is 4.10. The topological polar surface area (TPSA) is 61.5 Å². The van der Waals surface area contributed by atoms with Gasteiger partial charge in [-0.15, -0.1) is 0 Å². The van der Waals surface area contributed by atoms with Gasteiger partial charge in [-0.3, -0.25) is 4.40 Å². The van der Waals surface area contributed by atoms with E-state index in [2.05, 4.69) is 16.3 Å². The molecule has 1 fully saturated rings. The van der Waals surface area contributed by atoms with Crippen LogP contribution in [0, 0.1) is 6.92 Å². The molecular formula is C18H22N4O2. The van der Waals surface area contributed by atoms with Gasteiger partial charge in [0.15, 0.2) is 5.65 Å². The molecule has 4 rings (SSSR count). The summed E-state index contributed by atoms with van der Waals surface area (Å²) in [5.74, 6) is 2.21. The first kappa shape index (κ1) is 15.2. The van der Waals surface area contributed by atoms with Gasteiger partial charge in [0.2, 0.25) is 11.8 Å². The van der Waals surface area contributed by atoms with Gasteiger partial charge in [0.1, 0.15) is 23.0 Å². The third kappa shape index (κ3) is 2.37. The van der Waals surface area contributed by atoms with Crippen LogP contribution in [0.5, 0.6) is 11.8 Å². The molecule has 0 amide bonds. The van der Waals surface area contributed by atoms with Crippen LogP contribution < -0.4 is 9.47 Å². The molecule has 3 aromatic heterocycles. The van der Waals surface area contributed by atoms with Crippen LogP contribution in [0.1, 0.15) is 44.1 Å². The summed E-state index contributed by atoms with van der Waals surface area (Å²) >= 11 is 0. The number of ether oxygens (including phenoxy) is 2. The van der Waals surface area contributed by atoms with Crippen molar-refractivity contribution in [2.45, 2.75) is 52.1 Å². The van der Waals surface area contributed by atoms with Crippen LogP contribution in [0.4, 0.5) is 0 Å². The van der Waals surface area contributed by atoms with Crippen molar-refractivity contribution in [2.24, 2.45) is 0 Å². The zero-order valence-electron chi connectivity index (χ0n) is 14.4. The van der Waals surface area contributed by atoms with Crippen LogP contribution in [0.2, 0.25) is 0 Å². The van der Waals surface area contributed by atoms with Crippen molar-refractivity contribution in [3.05, 3.63) is 23.7 Å². The van der Waals surface area contributed by atoms with E-state index < -0.39 is 0 Å². The number of hydrogen-bond acceptors (Lipinski definition) is 5. The number of rotatable bonds is 4. The lowest BCUT2D eigenvalue weighted by atomic mass is 10.3. The number of aromatic nitrogens is 4. The molecule has 0 N–H and O–H groups in total. The molecule has 1 aliphatic rings. The molecule has 3 heterocycles. The van der Waals surface area contributed by atoms with Gasteiger partial charge >= 0.3 is 0 Å². The highest BCUT2D eigenvalue weighted by molar-refractivity contribution is 5.79. The molecule has 6 heteroatoms. The Kier molecular flexibility index (Phi) is 3.75. The van der Waals surface area contributed by atoms with Crippen molar-refractivity contribution in [3.8, 4) is 11.8 Å². The van der Waals surface area contributed by atoms with Crippen molar-refractivity contribution in [3.63, 3.8) is 0 Å². The highest BCUT2D eigenvalue weighted by Crippen LogP contribution is 2.31. The van der Waals surface area contributed by atoms with Crippen molar-refractivity contribution in [1.29, 1.82) is 0 Å². The van der Waals surface area contributed by atoms with Crippen molar-refractivity contribution >= 4 is 16.7 Å².